The fourth-order valence-corrected chi connectivity index (χ4v) is 10.1. The van der Waals surface area contributed by atoms with Gasteiger partial charge in [-0.1, -0.05) is 194 Å². The highest BCUT2D eigenvalue weighted by molar-refractivity contribution is 14.2. The maximum Gasteiger partial charge on any atom is 0.331 e. The number of rotatable bonds is 15. The molecule has 0 saturated carbocycles. The molecule has 0 aliphatic carbocycles. The van der Waals surface area contributed by atoms with Crippen molar-refractivity contribution in [2.45, 2.75) is 0 Å². The van der Waals surface area contributed by atoms with Crippen LogP contribution in [0.1, 0.15) is 0 Å². The van der Waals surface area contributed by atoms with Gasteiger partial charge in [0.2, 0.25) is 0 Å². The van der Waals surface area contributed by atoms with E-state index in [4.69, 9.17) is 38.4 Å². The van der Waals surface area contributed by atoms with Crippen molar-refractivity contribution in [2.24, 2.45) is 9.98 Å². The van der Waals surface area contributed by atoms with E-state index in [1.54, 1.807) is 0 Å². The number of hydrogen-bond acceptors (Lipinski definition) is 11. The van der Waals surface area contributed by atoms with Crippen LogP contribution in [0.25, 0.3) is 55.6 Å². The summed E-state index contributed by atoms with van der Waals surface area (Å²) in [5, 5.41) is 0. The normalized spacial score (nSPS) is 11.9. The van der Waals surface area contributed by atoms with Crippen LogP contribution in [-0.2, 0) is 0 Å². The van der Waals surface area contributed by atoms with Gasteiger partial charge in [0.15, 0.2) is 0 Å². The molecule has 1 aromatic heterocycles. The minimum Gasteiger partial charge on any atom is -0.434 e. The lowest BCUT2D eigenvalue weighted by atomic mass is 10.1. The molecule has 11 aromatic rings. The Bertz CT molecular complexity index is 3700. The Morgan fingerprint density at radius 1 is 0.218 bits per heavy atom. The fraction of sp³-hybridized carbons (Fsp3) is 0. The molecule has 12 rings (SSSR count). The van der Waals surface area contributed by atoms with Gasteiger partial charge in [0.1, 0.15) is 34.5 Å². The molecule has 12 heteroatoms. The maximum absolute atomic E-state index is 6.44. The first kappa shape index (κ1) is 48.9. The predicted molar refractivity (Wildman–Crippen MR) is 315 cm³/mol. The minimum absolute atomic E-state index is 0.00363. The molecule has 10 aromatic carbocycles. The summed E-state index contributed by atoms with van der Waals surface area (Å²) in [4.78, 5) is 23.0. The van der Waals surface area contributed by atoms with Crippen LogP contribution in [0.5, 0.6) is 52.5 Å². The molecule has 11 nitrogen and oxygen atoms in total. The topological polar surface area (TPSA) is 119 Å². The summed E-state index contributed by atoms with van der Waals surface area (Å²) >= 11 is -1.08. The van der Waals surface area contributed by atoms with E-state index in [1.807, 2.05) is 218 Å². The van der Waals surface area contributed by atoms with Crippen molar-refractivity contribution in [3.05, 3.63) is 267 Å². The van der Waals surface area contributed by atoms with Gasteiger partial charge in [-0.05, 0) is 128 Å². The van der Waals surface area contributed by atoms with Crippen LogP contribution in [0.2, 0.25) is 0 Å². The summed E-state index contributed by atoms with van der Waals surface area (Å²) in [6, 6.07) is 87.3. The van der Waals surface area contributed by atoms with Gasteiger partial charge in [-0.2, -0.15) is 9.98 Å². The monoisotopic (exact) mass is 1130 g/mol. The van der Waals surface area contributed by atoms with Crippen molar-refractivity contribution in [3.63, 3.8) is 0 Å². The zero-order valence-electron chi connectivity index (χ0n) is 41.5. The molecule has 0 fully saturated rings. The third-order valence-corrected chi connectivity index (χ3v) is 14.1. The van der Waals surface area contributed by atoms with Crippen LogP contribution in [0.3, 0.4) is 0 Å². The quantitative estimate of drug-likeness (QED) is 0.0925. The van der Waals surface area contributed by atoms with Gasteiger partial charge in [-0.3, -0.25) is 0 Å². The molecule has 1 aliphatic rings. The highest BCUT2D eigenvalue weighted by atomic mass is 127. The Morgan fingerprint density at radius 3 is 0.756 bits per heavy atom. The molecule has 0 amide bonds. The highest BCUT2D eigenvalue weighted by Crippen LogP contribution is 2.33. The van der Waals surface area contributed by atoms with Crippen molar-refractivity contribution in [2.75, 3.05) is 0 Å². The van der Waals surface area contributed by atoms with E-state index in [1.165, 1.54) is 0 Å². The number of ether oxygens (including phenoxy) is 6. The number of amidine groups is 1. The standard InChI is InChI=1S/C66H44IN5O6/c1-5-13-45(14-6-1)49-21-33-55(34-22-49)73-61-67-62(69-63(68-61)75-57-37-25-50(26-38-57)46-15-7-2-8-16-46)74-56-35-23-53(24-36-56)54-31-43-60(44-32-54)78-66-71-64(76-58-39-27-51(28-40-58)47-17-9-3-10-18-47)70-65(72-66)77-59-41-29-52(30-42-59)48-19-11-4-12-20-48/h1-44H. The van der Waals surface area contributed by atoms with Crippen LogP contribution in [0.4, 0.5) is 0 Å². The van der Waals surface area contributed by atoms with Crippen LogP contribution < -0.4 is 28.4 Å². The van der Waals surface area contributed by atoms with Gasteiger partial charge in [0.05, 0.1) is 20.7 Å². The Morgan fingerprint density at radius 2 is 0.462 bits per heavy atom. The molecule has 0 N–H and O–H groups in total. The van der Waals surface area contributed by atoms with Crippen molar-refractivity contribution in [1.29, 1.82) is 0 Å². The summed E-state index contributed by atoms with van der Waals surface area (Å²) in [6.07, 6.45) is 0. The van der Waals surface area contributed by atoms with Crippen LogP contribution in [0, 0.1) is 0 Å². The SMILES string of the molecule is c1ccc(-c2ccc(OC3=NC(Oc4ccc(-c5ccc(Oc6nc(Oc7ccc(-c8ccccc8)cc7)nc(Oc7ccc(-c8ccccc8)cc7)n6)cc5)cc4)=IC(Oc4ccc(-c5ccccc5)cc4)=N3)cc2)cc1. The zero-order chi connectivity index (χ0) is 52.3. The van der Waals surface area contributed by atoms with E-state index in [9.17, 15) is 0 Å². The molecule has 2 heterocycles. The first-order valence-electron chi connectivity index (χ1n) is 24.9. The maximum atomic E-state index is 6.44. The van der Waals surface area contributed by atoms with Crippen LogP contribution in [-0.4, -0.2) is 28.7 Å². The Balaban J connectivity index is 0.748. The largest absolute Gasteiger partial charge is 0.434 e. The molecule has 0 bridgehead atoms. The Labute approximate surface area is 460 Å². The Hall–Kier alpha value is -10.1. The number of nitrogens with zero attached hydrogens (tertiary/aromatic N) is 5. The lowest BCUT2D eigenvalue weighted by Gasteiger charge is -2.14. The second-order valence-electron chi connectivity index (χ2n) is 17.5. The van der Waals surface area contributed by atoms with Gasteiger partial charge >= 0.3 is 24.1 Å². The van der Waals surface area contributed by atoms with E-state index >= 15 is 0 Å². The summed E-state index contributed by atoms with van der Waals surface area (Å²) in [5.41, 5.74) is 10.6. The third-order valence-electron chi connectivity index (χ3n) is 12.2. The first-order valence-corrected chi connectivity index (χ1v) is 27.0. The lowest BCUT2D eigenvalue weighted by Crippen LogP contribution is -2.19. The van der Waals surface area contributed by atoms with Gasteiger partial charge in [-0.15, -0.1) is 15.0 Å². The number of benzene rings is 10. The minimum atomic E-state index is -1.08. The molecule has 0 saturated heterocycles. The van der Waals surface area contributed by atoms with E-state index < -0.39 is 20.7 Å². The van der Waals surface area contributed by atoms with E-state index in [0.29, 0.717) is 42.2 Å². The summed E-state index contributed by atoms with van der Waals surface area (Å²) < 4.78 is 38.6. The average Bonchev–Trinajstić information content (AvgIpc) is 3.49. The van der Waals surface area contributed by atoms with E-state index in [0.717, 1.165) is 55.6 Å². The van der Waals surface area contributed by atoms with Crippen molar-refractivity contribution in [1.82, 2.24) is 15.0 Å². The molecule has 0 radical (unpaired) electrons. The number of hydrogen-bond donors (Lipinski definition) is 0. The van der Waals surface area contributed by atoms with Gasteiger partial charge in [-0.25, -0.2) is 0 Å². The molecule has 0 spiro atoms. The summed E-state index contributed by atoms with van der Waals surface area (Å²) in [6.45, 7) is 0. The zero-order valence-corrected chi connectivity index (χ0v) is 43.6. The first-order chi connectivity index (χ1) is 38.5. The second kappa shape index (κ2) is 23.2. The lowest BCUT2D eigenvalue weighted by molar-refractivity contribution is 0.362. The van der Waals surface area contributed by atoms with Gasteiger partial charge in [0, 0.05) is 0 Å². The van der Waals surface area contributed by atoms with Crippen molar-refractivity contribution >= 4 is 34.5 Å². The van der Waals surface area contributed by atoms with Crippen molar-refractivity contribution < 1.29 is 28.4 Å². The average molecular weight is 1130 g/mol. The number of halogens is 1. The Kier molecular flexibility index (Phi) is 14.6. The van der Waals surface area contributed by atoms with Crippen LogP contribution in [0.15, 0.2) is 277 Å². The molecular weight excluding hydrogens is 1090 g/mol. The summed E-state index contributed by atoms with van der Waals surface area (Å²) in [5.74, 6) is 3.39. The van der Waals surface area contributed by atoms with E-state index in [-0.39, 0.29) is 24.1 Å². The van der Waals surface area contributed by atoms with Gasteiger partial charge < -0.3 is 28.4 Å². The fourth-order valence-electron chi connectivity index (χ4n) is 8.31. The summed E-state index contributed by atoms with van der Waals surface area (Å²) in [7, 11) is 0. The molecule has 376 valence electrons. The van der Waals surface area contributed by atoms with Crippen molar-refractivity contribution in [3.8, 4) is 108 Å². The van der Waals surface area contributed by atoms with Gasteiger partial charge in [0.25, 0.3) is 7.72 Å². The smallest absolute Gasteiger partial charge is 0.331 e. The molecule has 0 unspecified atom stereocenters. The molecular formula is C66H44IN5O6. The number of aromatic nitrogens is 3. The molecule has 1 aliphatic heterocycles. The highest BCUT2D eigenvalue weighted by Gasteiger charge is 2.19. The molecule has 78 heavy (non-hydrogen) atoms. The second-order valence-corrected chi connectivity index (χ2v) is 19.9. The predicted octanol–water partition coefficient (Wildman–Crippen LogP) is 16.9. The van der Waals surface area contributed by atoms with E-state index in [2.05, 4.69) is 63.5 Å². The third kappa shape index (κ3) is 12.4. The number of aliphatic imine (C=N–C) groups is 2. The van der Waals surface area contributed by atoms with Crippen LogP contribution >= 0.6 is 20.7 Å². The molecule has 0 atom stereocenters.